The minimum absolute atomic E-state index is 0.0705. The number of ether oxygens (including phenoxy) is 1. The van der Waals surface area contributed by atoms with E-state index in [0.29, 0.717) is 13.0 Å². The summed E-state index contributed by atoms with van der Waals surface area (Å²) in [6, 6.07) is 15.8. The minimum Gasteiger partial charge on any atom is -0.466 e. The highest BCUT2D eigenvalue weighted by Gasteiger charge is 2.44. The van der Waals surface area contributed by atoms with E-state index in [2.05, 4.69) is 24.4 Å². The summed E-state index contributed by atoms with van der Waals surface area (Å²) in [6.45, 7) is 12.2. The molecular weight excluding hydrogens is 478 g/mol. The number of carbonyl (C=O) groups is 1. The fourth-order valence-electron chi connectivity index (χ4n) is 3.96. The lowest BCUT2D eigenvalue weighted by molar-refractivity contribution is -0.142. The van der Waals surface area contributed by atoms with Gasteiger partial charge >= 0.3 is 5.97 Å². The zero-order valence-electron chi connectivity index (χ0n) is 21.7. The van der Waals surface area contributed by atoms with Gasteiger partial charge in [-0.25, -0.2) is 13.1 Å². The van der Waals surface area contributed by atoms with Crippen LogP contribution in [0.5, 0.6) is 0 Å². The zero-order chi connectivity index (χ0) is 26.1. The van der Waals surface area contributed by atoms with E-state index in [9.17, 15) is 13.2 Å². The van der Waals surface area contributed by atoms with Gasteiger partial charge in [-0.3, -0.25) is 4.79 Å². The Kier molecular flexibility index (Phi) is 10.4. The van der Waals surface area contributed by atoms with Crippen LogP contribution < -0.4 is 4.72 Å². The SMILES string of the molecule is CCC[C@H](NS(=O)(=O)c1ccc(C)cc1)[C@@](/C=C/CC(=O)OCC)(O[Si](C)(C)C)c1ccccc1. The second-order valence-corrected chi connectivity index (χ2v) is 15.7. The van der Waals surface area contributed by atoms with Crippen LogP contribution in [-0.4, -0.2) is 35.4 Å². The maximum atomic E-state index is 13.5. The number of esters is 1. The molecule has 2 aromatic carbocycles. The monoisotopic (exact) mass is 517 g/mol. The van der Waals surface area contributed by atoms with Gasteiger partial charge in [0.25, 0.3) is 0 Å². The van der Waals surface area contributed by atoms with Gasteiger partial charge in [-0.15, -0.1) is 0 Å². The van der Waals surface area contributed by atoms with E-state index in [1.807, 2.05) is 50.3 Å². The van der Waals surface area contributed by atoms with Crippen LogP contribution >= 0.6 is 0 Å². The van der Waals surface area contributed by atoms with Gasteiger partial charge in [0.1, 0.15) is 5.60 Å². The molecule has 0 radical (unpaired) electrons. The van der Waals surface area contributed by atoms with Crippen LogP contribution in [0.15, 0.2) is 71.6 Å². The number of sulfonamides is 1. The van der Waals surface area contributed by atoms with Crippen molar-refractivity contribution in [3.63, 3.8) is 0 Å². The van der Waals surface area contributed by atoms with E-state index in [1.165, 1.54) is 0 Å². The third-order valence-corrected chi connectivity index (χ3v) is 7.82. The summed E-state index contributed by atoms with van der Waals surface area (Å²) >= 11 is 0. The Morgan fingerprint density at radius 2 is 1.69 bits per heavy atom. The summed E-state index contributed by atoms with van der Waals surface area (Å²) in [7, 11) is -6.06. The average molecular weight is 518 g/mol. The summed E-state index contributed by atoms with van der Waals surface area (Å²) in [4.78, 5) is 12.3. The van der Waals surface area contributed by atoms with Crippen LogP contribution in [0.1, 0.15) is 44.2 Å². The van der Waals surface area contributed by atoms with Crippen molar-refractivity contribution < 1.29 is 22.4 Å². The lowest BCUT2D eigenvalue weighted by atomic mass is 9.84. The Bertz CT molecular complexity index is 1080. The number of hydrogen-bond acceptors (Lipinski definition) is 5. The minimum atomic E-state index is -3.84. The Morgan fingerprint density at radius 3 is 2.23 bits per heavy atom. The molecule has 0 unspecified atom stereocenters. The number of benzene rings is 2. The molecule has 0 aliphatic heterocycles. The summed E-state index contributed by atoms with van der Waals surface area (Å²) in [6.07, 6.45) is 4.91. The van der Waals surface area contributed by atoms with E-state index in [1.54, 1.807) is 37.3 Å². The van der Waals surface area contributed by atoms with Crippen LogP contribution in [0.4, 0.5) is 0 Å². The molecule has 0 aliphatic rings. The van der Waals surface area contributed by atoms with Crippen molar-refractivity contribution in [3.8, 4) is 0 Å². The smallest absolute Gasteiger partial charge is 0.309 e. The summed E-state index contributed by atoms with van der Waals surface area (Å²) in [5, 5.41) is 0. The average Bonchev–Trinajstić information content (AvgIpc) is 2.78. The van der Waals surface area contributed by atoms with Crippen molar-refractivity contribution in [2.24, 2.45) is 0 Å². The molecule has 6 nitrogen and oxygen atoms in total. The molecule has 0 fully saturated rings. The molecule has 2 rings (SSSR count). The predicted octanol–water partition coefficient (Wildman–Crippen LogP) is 5.70. The highest BCUT2D eigenvalue weighted by Crippen LogP contribution is 2.37. The van der Waals surface area contributed by atoms with Gasteiger partial charge in [-0.05, 0) is 57.6 Å². The highest BCUT2D eigenvalue weighted by molar-refractivity contribution is 7.89. The lowest BCUT2D eigenvalue weighted by Crippen LogP contribution is -2.54. The van der Waals surface area contributed by atoms with Gasteiger partial charge < -0.3 is 9.16 Å². The first-order valence-electron chi connectivity index (χ1n) is 12.1. The Labute approximate surface area is 211 Å². The van der Waals surface area contributed by atoms with Crippen LogP contribution in [0.3, 0.4) is 0 Å². The first-order chi connectivity index (χ1) is 16.4. The van der Waals surface area contributed by atoms with Gasteiger partial charge in [0.05, 0.1) is 24.0 Å². The quantitative estimate of drug-likeness (QED) is 0.209. The molecule has 35 heavy (non-hydrogen) atoms. The molecule has 0 aliphatic carbocycles. The van der Waals surface area contributed by atoms with Crippen molar-refractivity contribution in [2.45, 2.75) is 76.2 Å². The zero-order valence-corrected chi connectivity index (χ0v) is 23.5. The molecular formula is C27H39NO5SSi. The largest absolute Gasteiger partial charge is 0.466 e. The van der Waals surface area contributed by atoms with Crippen molar-refractivity contribution >= 4 is 24.3 Å². The van der Waals surface area contributed by atoms with Gasteiger partial charge in [-0.2, -0.15) is 0 Å². The molecule has 0 heterocycles. The van der Waals surface area contributed by atoms with E-state index >= 15 is 0 Å². The summed E-state index contributed by atoms with van der Waals surface area (Å²) < 4.78 is 41.9. The van der Waals surface area contributed by atoms with E-state index in [0.717, 1.165) is 17.5 Å². The number of nitrogens with one attached hydrogen (secondary N) is 1. The van der Waals surface area contributed by atoms with E-state index in [4.69, 9.17) is 9.16 Å². The molecule has 2 atom stereocenters. The third-order valence-electron chi connectivity index (χ3n) is 5.38. The Hall–Kier alpha value is -2.26. The Morgan fingerprint density at radius 1 is 1.06 bits per heavy atom. The molecule has 0 saturated heterocycles. The van der Waals surface area contributed by atoms with Gasteiger partial charge in [-0.1, -0.05) is 73.5 Å². The molecule has 192 valence electrons. The first-order valence-corrected chi connectivity index (χ1v) is 17.0. The van der Waals surface area contributed by atoms with Crippen LogP contribution in [0.25, 0.3) is 0 Å². The molecule has 2 aromatic rings. The lowest BCUT2D eigenvalue weighted by Gasteiger charge is -2.43. The molecule has 0 saturated carbocycles. The summed E-state index contributed by atoms with van der Waals surface area (Å²) in [5.74, 6) is -0.342. The standard InChI is InChI=1S/C27H39NO5SSi/c1-7-13-25(28-34(30,31)24-19-17-22(3)18-20-24)27(33-35(4,5)6,23-14-10-9-11-15-23)21-12-16-26(29)32-8-2/h9-12,14-15,17-21,25,28H,7-8,13,16H2,1-6H3/b21-12+/t25-,27-/m0/s1. The molecule has 1 N–H and O–H groups in total. The maximum Gasteiger partial charge on any atom is 0.309 e. The molecule has 0 bridgehead atoms. The normalized spacial score (nSPS) is 15.0. The Balaban J connectivity index is 2.65. The van der Waals surface area contributed by atoms with E-state index in [-0.39, 0.29) is 17.3 Å². The number of hydrogen-bond donors (Lipinski definition) is 1. The molecule has 0 amide bonds. The maximum absolute atomic E-state index is 13.5. The topological polar surface area (TPSA) is 81.7 Å². The second kappa shape index (κ2) is 12.6. The van der Waals surface area contributed by atoms with Gasteiger partial charge in [0.15, 0.2) is 8.32 Å². The number of rotatable bonds is 13. The van der Waals surface area contributed by atoms with Crippen molar-refractivity contribution in [3.05, 3.63) is 77.9 Å². The summed E-state index contributed by atoms with van der Waals surface area (Å²) in [5.41, 5.74) is 0.704. The van der Waals surface area contributed by atoms with Crippen LogP contribution in [0, 0.1) is 6.92 Å². The fourth-order valence-corrected chi connectivity index (χ4v) is 6.59. The second-order valence-electron chi connectivity index (χ2n) is 9.56. The number of carbonyl (C=O) groups excluding carboxylic acids is 1. The van der Waals surface area contributed by atoms with Crippen molar-refractivity contribution in [2.75, 3.05) is 6.61 Å². The molecule has 8 heteroatoms. The van der Waals surface area contributed by atoms with Gasteiger partial charge in [0, 0.05) is 0 Å². The van der Waals surface area contributed by atoms with Crippen LogP contribution in [-0.2, 0) is 29.6 Å². The first kappa shape index (κ1) is 29.0. The molecule has 0 spiro atoms. The van der Waals surface area contributed by atoms with Gasteiger partial charge in [0.2, 0.25) is 10.0 Å². The number of aryl methyl sites for hydroxylation is 1. The van der Waals surface area contributed by atoms with Crippen molar-refractivity contribution in [1.29, 1.82) is 0 Å². The highest BCUT2D eigenvalue weighted by atomic mass is 32.2. The van der Waals surface area contributed by atoms with Crippen LogP contribution in [0.2, 0.25) is 19.6 Å². The van der Waals surface area contributed by atoms with Crippen molar-refractivity contribution in [1.82, 2.24) is 4.72 Å². The van der Waals surface area contributed by atoms with E-state index < -0.39 is 30.0 Å². The predicted molar refractivity (Wildman–Crippen MR) is 143 cm³/mol. The third kappa shape index (κ3) is 8.42. The molecule has 0 aromatic heterocycles. The fraction of sp³-hybridized carbons (Fsp3) is 0.444.